The van der Waals surface area contributed by atoms with Crippen LogP contribution in [-0.2, 0) is 22.6 Å². The number of nitrogens with one attached hydrogen (secondary N) is 1. The summed E-state index contributed by atoms with van der Waals surface area (Å²) in [4.78, 5) is 2.42. The molecule has 2 atom stereocenters. The maximum Gasteiger partial charge on any atom is 0.0971 e. The average Bonchev–Trinajstić information content (AvgIpc) is 2.91. The molecule has 2 rings (SSSR count). The molecular formula is C17H28N2O2. The van der Waals surface area contributed by atoms with Crippen LogP contribution in [-0.4, -0.2) is 51.0 Å². The van der Waals surface area contributed by atoms with Crippen LogP contribution in [0.4, 0.5) is 0 Å². The molecule has 4 heteroatoms. The van der Waals surface area contributed by atoms with Gasteiger partial charge in [0, 0.05) is 40.4 Å². The molecule has 4 nitrogen and oxygen atoms in total. The first-order valence-electron chi connectivity index (χ1n) is 7.84. The van der Waals surface area contributed by atoms with Gasteiger partial charge < -0.3 is 14.8 Å². The van der Waals surface area contributed by atoms with Crippen molar-refractivity contribution in [2.45, 2.75) is 38.6 Å². The third kappa shape index (κ3) is 4.51. The van der Waals surface area contributed by atoms with Crippen LogP contribution in [0.1, 0.15) is 24.5 Å². The predicted octanol–water partition coefficient (Wildman–Crippen LogP) is 2.03. The first-order chi connectivity index (χ1) is 10.3. The molecule has 1 heterocycles. The van der Waals surface area contributed by atoms with Gasteiger partial charge in [-0.1, -0.05) is 31.2 Å². The van der Waals surface area contributed by atoms with Crippen molar-refractivity contribution >= 4 is 0 Å². The van der Waals surface area contributed by atoms with E-state index in [1.54, 1.807) is 14.2 Å². The van der Waals surface area contributed by atoms with E-state index < -0.39 is 0 Å². The summed E-state index contributed by atoms with van der Waals surface area (Å²) < 4.78 is 11.0. The number of benzene rings is 1. The second-order valence-corrected chi connectivity index (χ2v) is 5.69. The Morgan fingerprint density at radius 1 is 1.10 bits per heavy atom. The van der Waals surface area contributed by atoms with Crippen molar-refractivity contribution in [3.8, 4) is 0 Å². The van der Waals surface area contributed by atoms with Crippen molar-refractivity contribution in [3.05, 3.63) is 35.4 Å². The maximum atomic E-state index is 5.51. The van der Waals surface area contributed by atoms with Crippen LogP contribution in [0, 0.1) is 0 Å². The van der Waals surface area contributed by atoms with Crippen molar-refractivity contribution in [1.29, 1.82) is 0 Å². The van der Waals surface area contributed by atoms with E-state index in [-0.39, 0.29) is 12.2 Å². The minimum absolute atomic E-state index is 0.181. The van der Waals surface area contributed by atoms with Crippen LogP contribution in [0.2, 0.25) is 0 Å². The SMILES string of the molecule is CCCNCc1ccccc1CN1CC(OC)C(OC)C1. The Labute approximate surface area is 128 Å². The number of ether oxygens (including phenoxy) is 2. The van der Waals surface area contributed by atoms with Gasteiger partial charge in [-0.15, -0.1) is 0 Å². The zero-order valence-electron chi connectivity index (χ0n) is 13.5. The molecule has 0 aliphatic carbocycles. The Balaban J connectivity index is 1.96. The van der Waals surface area contributed by atoms with Gasteiger partial charge in [-0.05, 0) is 24.1 Å². The lowest BCUT2D eigenvalue weighted by Crippen LogP contribution is -2.27. The number of rotatable bonds is 8. The molecule has 1 fully saturated rings. The van der Waals surface area contributed by atoms with Crippen LogP contribution < -0.4 is 5.32 Å². The smallest absolute Gasteiger partial charge is 0.0971 e. The van der Waals surface area contributed by atoms with Crippen molar-refractivity contribution in [3.63, 3.8) is 0 Å². The molecule has 1 saturated heterocycles. The molecule has 0 aromatic heterocycles. The van der Waals surface area contributed by atoms with Gasteiger partial charge in [0.05, 0.1) is 12.2 Å². The Bertz CT molecular complexity index is 413. The summed E-state index contributed by atoms with van der Waals surface area (Å²) in [5.74, 6) is 0. The first kappa shape index (κ1) is 16.4. The Morgan fingerprint density at radius 3 is 2.29 bits per heavy atom. The predicted molar refractivity (Wildman–Crippen MR) is 85.3 cm³/mol. The molecule has 1 aromatic carbocycles. The number of methoxy groups -OCH3 is 2. The van der Waals surface area contributed by atoms with Gasteiger partial charge in [0.2, 0.25) is 0 Å². The van der Waals surface area contributed by atoms with Crippen LogP contribution in [0.3, 0.4) is 0 Å². The molecule has 0 radical (unpaired) electrons. The molecule has 0 saturated carbocycles. The fourth-order valence-corrected chi connectivity index (χ4v) is 2.93. The Hall–Kier alpha value is -0.940. The molecule has 1 aliphatic heterocycles. The Kier molecular flexibility index (Phi) is 6.64. The highest BCUT2D eigenvalue weighted by molar-refractivity contribution is 5.27. The van der Waals surface area contributed by atoms with Gasteiger partial charge in [0.1, 0.15) is 0 Å². The van der Waals surface area contributed by atoms with E-state index in [0.29, 0.717) is 0 Å². The molecule has 118 valence electrons. The quantitative estimate of drug-likeness (QED) is 0.743. The minimum atomic E-state index is 0.181. The number of hydrogen-bond acceptors (Lipinski definition) is 4. The summed E-state index contributed by atoms with van der Waals surface area (Å²) in [6.45, 7) is 7.04. The van der Waals surface area contributed by atoms with Crippen LogP contribution in [0.25, 0.3) is 0 Å². The standard InChI is InChI=1S/C17H28N2O2/c1-4-9-18-10-14-7-5-6-8-15(14)11-19-12-16(20-2)17(13-19)21-3/h5-8,16-18H,4,9-13H2,1-3H3. The largest absolute Gasteiger partial charge is 0.377 e. The van der Waals surface area contributed by atoms with Gasteiger partial charge in [-0.3, -0.25) is 4.90 Å². The van der Waals surface area contributed by atoms with Crippen LogP contribution >= 0.6 is 0 Å². The lowest BCUT2D eigenvalue weighted by Gasteiger charge is -2.18. The number of hydrogen-bond donors (Lipinski definition) is 1. The topological polar surface area (TPSA) is 33.7 Å². The van der Waals surface area contributed by atoms with E-state index in [0.717, 1.165) is 32.7 Å². The van der Waals surface area contributed by atoms with Crippen molar-refractivity contribution in [2.24, 2.45) is 0 Å². The molecule has 0 amide bonds. The van der Waals surface area contributed by atoms with Gasteiger partial charge in [-0.25, -0.2) is 0 Å². The van der Waals surface area contributed by atoms with Gasteiger partial charge in [0.15, 0.2) is 0 Å². The van der Waals surface area contributed by atoms with Crippen LogP contribution in [0.15, 0.2) is 24.3 Å². The molecule has 21 heavy (non-hydrogen) atoms. The summed E-state index contributed by atoms with van der Waals surface area (Å²) >= 11 is 0. The van der Waals surface area contributed by atoms with E-state index >= 15 is 0 Å². The fraction of sp³-hybridized carbons (Fsp3) is 0.647. The highest BCUT2D eigenvalue weighted by atomic mass is 16.5. The van der Waals surface area contributed by atoms with E-state index in [1.165, 1.54) is 17.5 Å². The first-order valence-corrected chi connectivity index (χ1v) is 7.84. The third-order valence-corrected chi connectivity index (χ3v) is 4.15. The molecule has 1 N–H and O–H groups in total. The molecule has 2 unspecified atom stereocenters. The molecule has 0 spiro atoms. The molecule has 0 bridgehead atoms. The second-order valence-electron chi connectivity index (χ2n) is 5.69. The zero-order chi connectivity index (χ0) is 15.1. The highest BCUT2D eigenvalue weighted by Gasteiger charge is 2.32. The van der Waals surface area contributed by atoms with E-state index in [9.17, 15) is 0 Å². The summed E-state index contributed by atoms with van der Waals surface area (Å²) in [7, 11) is 3.53. The second kappa shape index (κ2) is 8.49. The van der Waals surface area contributed by atoms with Gasteiger partial charge in [-0.2, -0.15) is 0 Å². The fourth-order valence-electron chi connectivity index (χ4n) is 2.93. The van der Waals surface area contributed by atoms with E-state index in [1.807, 2.05) is 0 Å². The summed E-state index contributed by atoms with van der Waals surface area (Å²) in [6, 6.07) is 8.68. The summed E-state index contributed by atoms with van der Waals surface area (Å²) in [6.07, 6.45) is 1.53. The van der Waals surface area contributed by atoms with Crippen molar-refractivity contribution in [2.75, 3.05) is 33.9 Å². The normalized spacial score (nSPS) is 22.8. The van der Waals surface area contributed by atoms with Crippen molar-refractivity contribution < 1.29 is 9.47 Å². The van der Waals surface area contributed by atoms with Crippen LogP contribution in [0.5, 0.6) is 0 Å². The molecule has 1 aromatic rings. The third-order valence-electron chi connectivity index (χ3n) is 4.15. The average molecular weight is 292 g/mol. The Morgan fingerprint density at radius 2 is 1.71 bits per heavy atom. The summed E-state index contributed by atoms with van der Waals surface area (Å²) in [5.41, 5.74) is 2.79. The monoisotopic (exact) mass is 292 g/mol. The molecule has 1 aliphatic rings. The van der Waals surface area contributed by atoms with E-state index in [2.05, 4.69) is 41.4 Å². The number of likely N-dealkylation sites (tertiary alicyclic amines) is 1. The lowest BCUT2D eigenvalue weighted by molar-refractivity contribution is -0.00461. The minimum Gasteiger partial charge on any atom is -0.377 e. The maximum absolute atomic E-state index is 5.51. The molecular weight excluding hydrogens is 264 g/mol. The number of nitrogens with zero attached hydrogens (tertiary/aromatic N) is 1. The summed E-state index contributed by atoms with van der Waals surface area (Å²) in [5, 5.41) is 3.49. The van der Waals surface area contributed by atoms with Gasteiger partial charge >= 0.3 is 0 Å². The highest BCUT2D eigenvalue weighted by Crippen LogP contribution is 2.20. The van der Waals surface area contributed by atoms with E-state index in [4.69, 9.17) is 9.47 Å². The van der Waals surface area contributed by atoms with Gasteiger partial charge in [0.25, 0.3) is 0 Å². The zero-order valence-corrected chi connectivity index (χ0v) is 13.5. The lowest BCUT2D eigenvalue weighted by atomic mass is 10.1. The van der Waals surface area contributed by atoms with Crippen molar-refractivity contribution in [1.82, 2.24) is 10.2 Å².